The van der Waals surface area contributed by atoms with Gasteiger partial charge in [0.15, 0.2) is 0 Å². The van der Waals surface area contributed by atoms with E-state index in [4.69, 9.17) is 9.97 Å². The van der Waals surface area contributed by atoms with Gasteiger partial charge < -0.3 is 0 Å². The highest BCUT2D eigenvalue weighted by atomic mass is 14.8. The van der Waals surface area contributed by atoms with E-state index in [1.54, 1.807) is 0 Å². The molecule has 0 spiro atoms. The van der Waals surface area contributed by atoms with Crippen LogP contribution in [0.25, 0.3) is 88.1 Å². The molecule has 0 atom stereocenters. The third kappa shape index (κ3) is 4.43. The molecule has 0 saturated heterocycles. The van der Waals surface area contributed by atoms with Crippen molar-refractivity contribution in [1.29, 1.82) is 0 Å². The molecule has 2 nitrogen and oxygen atoms in total. The second kappa shape index (κ2) is 10.8. The van der Waals surface area contributed by atoms with Crippen molar-refractivity contribution in [3.05, 3.63) is 170 Å². The molecule has 46 heavy (non-hydrogen) atoms. The van der Waals surface area contributed by atoms with Gasteiger partial charge in [0.1, 0.15) is 0 Å². The Kier molecular flexibility index (Phi) is 6.17. The van der Waals surface area contributed by atoms with Crippen LogP contribution >= 0.6 is 0 Å². The molecule has 0 amide bonds. The first-order chi connectivity index (χ1) is 22.8. The molecule has 1 aromatic heterocycles. The first kappa shape index (κ1) is 26.3. The maximum absolute atomic E-state index is 5.13. The lowest BCUT2D eigenvalue weighted by Gasteiger charge is -2.13. The zero-order chi connectivity index (χ0) is 30.5. The van der Waals surface area contributed by atoms with Crippen molar-refractivity contribution < 1.29 is 0 Å². The lowest BCUT2D eigenvalue weighted by Crippen LogP contribution is -1.95. The average molecular weight is 585 g/mol. The molecular formula is C44H28N2. The fourth-order valence-corrected chi connectivity index (χ4v) is 6.81. The fraction of sp³-hybridized carbons (Fsp3) is 0. The van der Waals surface area contributed by atoms with Crippen LogP contribution in [0.5, 0.6) is 0 Å². The van der Waals surface area contributed by atoms with Crippen molar-refractivity contribution in [2.75, 3.05) is 0 Å². The number of benzene rings is 8. The van der Waals surface area contributed by atoms with Gasteiger partial charge in [0.25, 0.3) is 0 Å². The second-order valence-electron chi connectivity index (χ2n) is 11.8. The molecule has 0 aliphatic carbocycles. The Labute approximate surface area is 267 Å². The maximum Gasteiger partial charge on any atom is 0.0973 e. The number of aromatic nitrogens is 2. The average Bonchev–Trinajstić information content (AvgIpc) is 3.14. The van der Waals surface area contributed by atoms with Gasteiger partial charge in [-0.05, 0) is 84.9 Å². The van der Waals surface area contributed by atoms with Crippen LogP contribution in [0, 0.1) is 0 Å². The third-order valence-corrected chi connectivity index (χ3v) is 9.03. The van der Waals surface area contributed by atoms with Crippen LogP contribution in [0.15, 0.2) is 170 Å². The summed E-state index contributed by atoms with van der Waals surface area (Å²) in [5, 5.41) is 7.73. The molecule has 8 aromatic carbocycles. The van der Waals surface area contributed by atoms with Crippen molar-refractivity contribution in [3.8, 4) is 44.8 Å². The van der Waals surface area contributed by atoms with Gasteiger partial charge in [-0.25, -0.2) is 9.97 Å². The van der Waals surface area contributed by atoms with Crippen LogP contribution in [-0.2, 0) is 0 Å². The van der Waals surface area contributed by atoms with Gasteiger partial charge in [-0.15, -0.1) is 0 Å². The summed E-state index contributed by atoms with van der Waals surface area (Å²) in [5.41, 5.74) is 10.4. The number of hydrogen-bond donors (Lipinski definition) is 0. The Bertz CT molecular complexity index is 2550. The molecule has 0 radical (unpaired) electrons. The molecule has 0 aliphatic heterocycles. The monoisotopic (exact) mass is 584 g/mol. The summed E-state index contributed by atoms with van der Waals surface area (Å²) in [7, 11) is 0. The minimum Gasteiger partial charge on any atom is -0.244 e. The SMILES string of the molecule is c1ccc(-c2nc3ccccc3nc2-c2cccc(-c3cccc(-c4ccc5c6ccccc6c6ccccc6c5c4)c3)c2)cc1. The number of para-hydroxylation sites is 2. The minimum atomic E-state index is 0.886. The van der Waals surface area contributed by atoms with Gasteiger partial charge in [0.05, 0.1) is 22.4 Å². The topological polar surface area (TPSA) is 25.8 Å². The smallest absolute Gasteiger partial charge is 0.0973 e. The van der Waals surface area contributed by atoms with Crippen LogP contribution in [0.1, 0.15) is 0 Å². The Hall–Kier alpha value is -6.12. The molecule has 2 heteroatoms. The van der Waals surface area contributed by atoms with E-state index in [0.29, 0.717) is 0 Å². The highest BCUT2D eigenvalue weighted by Gasteiger charge is 2.15. The normalized spacial score (nSPS) is 11.5. The van der Waals surface area contributed by atoms with Crippen LogP contribution in [0.2, 0.25) is 0 Å². The molecule has 214 valence electrons. The number of nitrogens with zero attached hydrogens (tertiary/aromatic N) is 2. The van der Waals surface area contributed by atoms with Crippen molar-refractivity contribution in [2.24, 2.45) is 0 Å². The van der Waals surface area contributed by atoms with Gasteiger partial charge in [-0.3, -0.25) is 0 Å². The predicted molar refractivity (Wildman–Crippen MR) is 194 cm³/mol. The van der Waals surface area contributed by atoms with E-state index in [0.717, 1.165) is 44.7 Å². The van der Waals surface area contributed by atoms with Gasteiger partial charge in [-0.1, -0.05) is 140 Å². The molecule has 0 fully saturated rings. The highest BCUT2D eigenvalue weighted by Crippen LogP contribution is 2.38. The first-order valence-electron chi connectivity index (χ1n) is 15.7. The van der Waals surface area contributed by atoms with E-state index in [1.165, 1.54) is 43.4 Å². The van der Waals surface area contributed by atoms with Crippen molar-refractivity contribution in [1.82, 2.24) is 9.97 Å². The molecular weight excluding hydrogens is 556 g/mol. The summed E-state index contributed by atoms with van der Waals surface area (Å²) in [6.07, 6.45) is 0. The van der Waals surface area contributed by atoms with Crippen molar-refractivity contribution in [2.45, 2.75) is 0 Å². The summed E-state index contributed by atoms with van der Waals surface area (Å²) in [4.78, 5) is 10.2. The Morgan fingerprint density at radius 1 is 0.239 bits per heavy atom. The van der Waals surface area contributed by atoms with Crippen LogP contribution in [0.4, 0.5) is 0 Å². The third-order valence-electron chi connectivity index (χ3n) is 9.03. The summed E-state index contributed by atoms with van der Waals surface area (Å²) in [5.74, 6) is 0. The van der Waals surface area contributed by atoms with E-state index in [9.17, 15) is 0 Å². The van der Waals surface area contributed by atoms with Crippen LogP contribution < -0.4 is 0 Å². The molecule has 9 rings (SSSR count). The van der Waals surface area contributed by atoms with E-state index < -0.39 is 0 Å². The van der Waals surface area contributed by atoms with Gasteiger partial charge >= 0.3 is 0 Å². The summed E-state index contributed by atoms with van der Waals surface area (Å²) < 4.78 is 0. The van der Waals surface area contributed by atoms with Crippen molar-refractivity contribution in [3.63, 3.8) is 0 Å². The van der Waals surface area contributed by atoms with Crippen molar-refractivity contribution >= 4 is 43.4 Å². The first-order valence-corrected chi connectivity index (χ1v) is 15.7. The summed E-state index contributed by atoms with van der Waals surface area (Å²) in [6.45, 7) is 0. The Balaban J connectivity index is 1.17. The van der Waals surface area contributed by atoms with Gasteiger partial charge in [0, 0.05) is 11.1 Å². The molecule has 9 aromatic rings. The predicted octanol–water partition coefficient (Wildman–Crippen LogP) is 11.8. The standard InChI is InChI=1S/C44H28N2/c1-2-12-29(13-3-1)43-44(46-42-23-9-8-22-41(42)45-43)34-17-11-16-32(27-34)30-14-10-15-31(26-30)33-24-25-39-37-20-5-4-18-35(37)36-19-6-7-21-38(36)40(39)28-33/h1-28H. The van der Waals surface area contributed by atoms with E-state index in [2.05, 4.69) is 140 Å². The molecule has 0 N–H and O–H groups in total. The zero-order valence-electron chi connectivity index (χ0n) is 25.1. The Morgan fingerprint density at radius 3 is 1.22 bits per heavy atom. The molecule has 0 saturated carbocycles. The molecule has 1 heterocycles. The van der Waals surface area contributed by atoms with E-state index in [-0.39, 0.29) is 0 Å². The highest BCUT2D eigenvalue weighted by molar-refractivity contribution is 6.25. The lowest BCUT2D eigenvalue weighted by atomic mass is 9.91. The molecule has 0 unspecified atom stereocenters. The maximum atomic E-state index is 5.13. The lowest BCUT2D eigenvalue weighted by molar-refractivity contribution is 1.29. The van der Waals surface area contributed by atoms with E-state index in [1.807, 2.05) is 30.3 Å². The summed E-state index contributed by atoms with van der Waals surface area (Å²) in [6, 6.07) is 60.4. The fourth-order valence-electron chi connectivity index (χ4n) is 6.81. The van der Waals surface area contributed by atoms with Crippen LogP contribution in [0.3, 0.4) is 0 Å². The van der Waals surface area contributed by atoms with E-state index >= 15 is 0 Å². The minimum absolute atomic E-state index is 0.886. The van der Waals surface area contributed by atoms with Gasteiger partial charge in [0.2, 0.25) is 0 Å². The Morgan fingerprint density at radius 2 is 0.630 bits per heavy atom. The molecule has 0 aliphatic rings. The second-order valence-corrected chi connectivity index (χ2v) is 11.8. The van der Waals surface area contributed by atoms with Gasteiger partial charge in [-0.2, -0.15) is 0 Å². The zero-order valence-corrected chi connectivity index (χ0v) is 25.1. The van der Waals surface area contributed by atoms with Crippen LogP contribution in [-0.4, -0.2) is 9.97 Å². The summed E-state index contributed by atoms with van der Waals surface area (Å²) >= 11 is 0. The largest absolute Gasteiger partial charge is 0.244 e. The quantitative estimate of drug-likeness (QED) is 0.192. The number of hydrogen-bond acceptors (Lipinski definition) is 2. The number of rotatable bonds is 4. The number of fused-ring (bicyclic) bond motifs is 7. The molecule has 0 bridgehead atoms.